The first-order chi connectivity index (χ1) is 9.58. The largest absolute Gasteiger partial charge is 0.468 e. The van der Waals surface area contributed by atoms with Gasteiger partial charge in [-0.25, -0.2) is 0 Å². The molecular formula is C15H30N2O3. The van der Waals surface area contributed by atoms with E-state index in [1.54, 1.807) is 0 Å². The van der Waals surface area contributed by atoms with E-state index in [0.717, 1.165) is 38.8 Å². The average molecular weight is 286 g/mol. The number of likely N-dealkylation sites (N-methyl/N-ethyl adjacent to an activating group) is 1. The van der Waals surface area contributed by atoms with Gasteiger partial charge in [0.25, 0.3) is 0 Å². The predicted molar refractivity (Wildman–Crippen MR) is 80.5 cm³/mol. The molecule has 0 rings (SSSR count). The molecule has 0 aromatic carbocycles. The minimum absolute atomic E-state index is 0.109. The van der Waals surface area contributed by atoms with Gasteiger partial charge in [0.1, 0.15) is 0 Å². The topological polar surface area (TPSA) is 49.9 Å². The maximum absolute atomic E-state index is 12.3. The van der Waals surface area contributed by atoms with Gasteiger partial charge in [0, 0.05) is 13.1 Å². The van der Waals surface area contributed by atoms with Gasteiger partial charge in [-0.1, -0.05) is 33.6 Å². The van der Waals surface area contributed by atoms with Crippen LogP contribution in [-0.2, 0) is 14.3 Å². The molecule has 0 aliphatic heterocycles. The summed E-state index contributed by atoms with van der Waals surface area (Å²) in [7, 11) is 1.37. The molecule has 0 bridgehead atoms. The monoisotopic (exact) mass is 286 g/mol. The number of unbranched alkanes of at least 4 members (excludes halogenated alkanes) is 2. The van der Waals surface area contributed by atoms with E-state index in [-0.39, 0.29) is 18.4 Å². The first-order valence-electron chi connectivity index (χ1n) is 7.65. The SMILES string of the molecule is CCCCN(CCCC)C(=O)CN(CC)CC(=O)OC. The number of hydrogen-bond acceptors (Lipinski definition) is 4. The van der Waals surface area contributed by atoms with Gasteiger partial charge in [-0.15, -0.1) is 0 Å². The number of amides is 1. The quantitative estimate of drug-likeness (QED) is 0.544. The van der Waals surface area contributed by atoms with Crippen molar-refractivity contribution in [3.8, 4) is 0 Å². The Morgan fingerprint density at radius 3 is 1.90 bits per heavy atom. The highest BCUT2D eigenvalue weighted by molar-refractivity contribution is 5.79. The highest BCUT2D eigenvalue weighted by atomic mass is 16.5. The van der Waals surface area contributed by atoms with Crippen molar-refractivity contribution in [1.82, 2.24) is 9.80 Å². The summed E-state index contributed by atoms with van der Waals surface area (Å²) in [6.07, 6.45) is 4.21. The molecule has 0 heterocycles. The van der Waals surface area contributed by atoms with Crippen molar-refractivity contribution in [2.24, 2.45) is 0 Å². The number of carbonyl (C=O) groups excluding carboxylic acids is 2. The maximum Gasteiger partial charge on any atom is 0.319 e. The number of ether oxygens (including phenoxy) is 1. The first-order valence-corrected chi connectivity index (χ1v) is 7.65. The third kappa shape index (κ3) is 8.15. The number of carbonyl (C=O) groups is 2. The molecule has 0 N–H and O–H groups in total. The van der Waals surface area contributed by atoms with Crippen LogP contribution in [0.25, 0.3) is 0 Å². The van der Waals surface area contributed by atoms with E-state index in [0.29, 0.717) is 13.1 Å². The van der Waals surface area contributed by atoms with Crippen LogP contribution in [0.5, 0.6) is 0 Å². The van der Waals surface area contributed by atoms with Crippen LogP contribution in [-0.4, -0.2) is 61.5 Å². The molecule has 5 heteroatoms. The van der Waals surface area contributed by atoms with Gasteiger partial charge < -0.3 is 9.64 Å². The lowest BCUT2D eigenvalue weighted by Crippen LogP contribution is -2.43. The Hall–Kier alpha value is -1.10. The van der Waals surface area contributed by atoms with E-state index in [4.69, 9.17) is 0 Å². The van der Waals surface area contributed by atoms with E-state index in [1.807, 2.05) is 16.7 Å². The van der Waals surface area contributed by atoms with Crippen molar-refractivity contribution in [3.63, 3.8) is 0 Å². The molecule has 0 saturated heterocycles. The first kappa shape index (κ1) is 18.9. The molecule has 0 aliphatic carbocycles. The fourth-order valence-electron chi connectivity index (χ4n) is 1.88. The minimum atomic E-state index is -0.298. The summed E-state index contributed by atoms with van der Waals surface area (Å²) in [5, 5.41) is 0. The summed E-state index contributed by atoms with van der Waals surface area (Å²) in [6, 6.07) is 0. The van der Waals surface area contributed by atoms with E-state index in [9.17, 15) is 9.59 Å². The van der Waals surface area contributed by atoms with E-state index in [1.165, 1.54) is 7.11 Å². The number of methoxy groups -OCH3 is 1. The van der Waals surface area contributed by atoms with Crippen LogP contribution in [0, 0.1) is 0 Å². The number of rotatable bonds is 11. The van der Waals surface area contributed by atoms with Gasteiger partial charge in [0.2, 0.25) is 5.91 Å². The van der Waals surface area contributed by atoms with Crippen LogP contribution in [0.4, 0.5) is 0 Å². The van der Waals surface area contributed by atoms with Crippen molar-refractivity contribution in [1.29, 1.82) is 0 Å². The Bertz CT molecular complexity index is 274. The van der Waals surface area contributed by atoms with Gasteiger partial charge in [-0.3, -0.25) is 14.5 Å². The fraction of sp³-hybridized carbons (Fsp3) is 0.867. The Morgan fingerprint density at radius 1 is 0.950 bits per heavy atom. The maximum atomic E-state index is 12.3. The minimum Gasteiger partial charge on any atom is -0.468 e. The lowest BCUT2D eigenvalue weighted by atomic mass is 10.2. The van der Waals surface area contributed by atoms with Crippen molar-refractivity contribution in [2.45, 2.75) is 46.5 Å². The summed E-state index contributed by atoms with van der Waals surface area (Å²) in [5.41, 5.74) is 0. The Labute approximate surface area is 123 Å². The summed E-state index contributed by atoms with van der Waals surface area (Å²) in [6.45, 7) is 8.94. The second-order valence-corrected chi connectivity index (χ2v) is 4.97. The van der Waals surface area contributed by atoms with Gasteiger partial charge in [0.15, 0.2) is 0 Å². The highest BCUT2D eigenvalue weighted by Gasteiger charge is 2.17. The van der Waals surface area contributed by atoms with E-state index < -0.39 is 0 Å². The normalized spacial score (nSPS) is 10.7. The molecule has 0 spiro atoms. The summed E-state index contributed by atoms with van der Waals surface area (Å²) in [5.74, 6) is -0.189. The van der Waals surface area contributed by atoms with Crippen LogP contribution in [0.3, 0.4) is 0 Å². The van der Waals surface area contributed by atoms with E-state index in [2.05, 4.69) is 18.6 Å². The van der Waals surface area contributed by atoms with Crippen LogP contribution in [0.1, 0.15) is 46.5 Å². The Kier molecular flexibility index (Phi) is 11.1. The van der Waals surface area contributed by atoms with Gasteiger partial charge >= 0.3 is 5.97 Å². The van der Waals surface area contributed by atoms with Crippen molar-refractivity contribution >= 4 is 11.9 Å². The van der Waals surface area contributed by atoms with Crippen LogP contribution >= 0.6 is 0 Å². The molecule has 0 aromatic rings. The fourth-order valence-corrected chi connectivity index (χ4v) is 1.88. The lowest BCUT2D eigenvalue weighted by molar-refractivity contribution is -0.142. The molecule has 0 aromatic heterocycles. The molecule has 0 fully saturated rings. The van der Waals surface area contributed by atoms with Gasteiger partial charge in [-0.2, -0.15) is 0 Å². The molecule has 0 aliphatic rings. The lowest BCUT2D eigenvalue weighted by Gasteiger charge is -2.26. The second kappa shape index (κ2) is 11.7. The van der Waals surface area contributed by atoms with Crippen LogP contribution in [0.15, 0.2) is 0 Å². The molecular weight excluding hydrogens is 256 g/mol. The number of hydrogen-bond donors (Lipinski definition) is 0. The predicted octanol–water partition coefficient (Wildman–Crippen LogP) is 1.91. The average Bonchev–Trinajstić information content (AvgIpc) is 2.46. The number of esters is 1. The molecule has 0 unspecified atom stereocenters. The van der Waals surface area contributed by atoms with Crippen LogP contribution < -0.4 is 0 Å². The molecule has 5 nitrogen and oxygen atoms in total. The van der Waals surface area contributed by atoms with Crippen molar-refractivity contribution in [3.05, 3.63) is 0 Å². The standard InChI is InChI=1S/C15H30N2O3/c1-5-8-10-17(11-9-6-2)14(18)12-16(7-3)13-15(19)20-4/h5-13H2,1-4H3. The van der Waals surface area contributed by atoms with Crippen molar-refractivity contribution < 1.29 is 14.3 Å². The molecule has 1 amide bonds. The van der Waals surface area contributed by atoms with Crippen LogP contribution in [0.2, 0.25) is 0 Å². The zero-order valence-electron chi connectivity index (χ0n) is 13.5. The molecule has 0 atom stereocenters. The molecule has 0 saturated carbocycles. The van der Waals surface area contributed by atoms with Gasteiger partial charge in [0.05, 0.1) is 20.2 Å². The van der Waals surface area contributed by atoms with Crippen molar-refractivity contribution in [2.75, 3.05) is 39.8 Å². The smallest absolute Gasteiger partial charge is 0.319 e. The molecule has 118 valence electrons. The Balaban J connectivity index is 4.41. The third-order valence-electron chi connectivity index (χ3n) is 3.30. The number of nitrogens with zero attached hydrogens (tertiary/aromatic N) is 2. The third-order valence-corrected chi connectivity index (χ3v) is 3.30. The zero-order chi connectivity index (χ0) is 15.4. The molecule has 0 radical (unpaired) electrons. The second-order valence-electron chi connectivity index (χ2n) is 4.97. The van der Waals surface area contributed by atoms with E-state index >= 15 is 0 Å². The van der Waals surface area contributed by atoms with Gasteiger partial charge in [-0.05, 0) is 19.4 Å². The Morgan fingerprint density at radius 2 is 1.50 bits per heavy atom. The zero-order valence-corrected chi connectivity index (χ0v) is 13.5. The highest BCUT2D eigenvalue weighted by Crippen LogP contribution is 2.02. The summed E-state index contributed by atoms with van der Waals surface area (Å²) in [4.78, 5) is 27.4. The summed E-state index contributed by atoms with van der Waals surface area (Å²) >= 11 is 0. The molecule has 20 heavy (non-hydrogen) atoms. The summed E-state index contributed by atoms with van der Waals surface area (Å²) < 4.78 is 4.65.